The maximum absolute atomic E-state index is 13.4. The van der Waals surface area contributed by atoms with E-state index < -0.39 is 29.7 Å². The molecule has 5 nitrogen and oxygen atoms in total. The number of ether oxygens (including phenoxy) is 1. The minimum Gasteiger partial charge on any atom is -0.480 e. The van der Waals surface area contributed by atoms with Crippen LogP contribution in [0.1, 0.15) is 5.56 Å². The van der Waals surface area contributed by atoms with Crippen LogP contribution in [0.5, 0.6) is 0 Å². The van der Waals surface area contributed by atoms with Crippen LogP contribution in [0.3, 0.4) is 0 Å². The van der Waals surface area contributed by atoms with E-state index in [0.717, 1.165) is 12.1 Å². The highest BCUT2D eigenvalue weighted by atomic mass is 19.1. The van der Waals surface area contributed by atoms with Crippen LogP contribution in [0, 0.1) is 11.6 Å². The fourth-order valence-electron chi connectivity index (χ4n) is 1.43. The summed E-state index contributed by atoms with van der Waals surface area (Å²) in [5.74, 6) is -3.00. The fourth-order valence-corrected chi connectivity index (χ4v) is 1.43. The molecule has 7 heteroatoms. The van der Waals surface area contributed by atoms with E-state index in [1.807, 2.05) is 0 Å². The largest absolute Gasteiger partial charge is 0.480 e. The SMILES string of the molecule is C=CCOC(=O)N[C@H](Cc1ccc(F)cc1F)C(=O)O. The predicted molar refractivity (Wildman–Crippen MR) is 66.2 cm³/mol. The first kappa shape index (κ1) is 15.6. The van der Waals surface area contributed by atoms with Crippen molar-refractivity contribution < 1.29 is 28.2 Å². The number of rotatable bonds is 6. The lowest BCUT2D eigenvalue weighted by atomic mass is 10.1. The van der Waals surface area contributed by atoms with Crippen molar-refractivity contribution >= 4 is 12.1 Å². The predicted octanol–water partition coefficient (Wildman–Crippen LogP) is 1.87. The van der Waals surface area contributed by atoms with Crippen LogP contribution in [-0.2, 0) is 16.0 Å². The molecule has 0 aromatic heterocycles. The summed E-state index contributed by atoms with van der Waals surface area (Å²) in [6, 6.07) is 1.39. The monoisotopic (exact) mass is 285 g/mol. The van der Waals surface area contributed by atoms with Gasteiger partial charge in [-0.15, -0.1) is 0 Å². The van der Waals surface area contributed by atoms with E-state index in [1.54, 1.807) is 0 Å². The number of amides is 1. The number of aliphatic carboxylic acids is 1. The van der Waals surface area contributed by atoms with Gasteiger partial charge in [0.1, 0.15) is 24.3 Å². The number of carboxylic acids is 1. The van der Waals surface area contributed by atoms with E-state index >= 15 is 0 Å². The Balaban J connectivity index is 2.74. The zero-order valence-electron chi connectivity index (χ0n) is 10.4. The Labute approximate surface area is 113 Å². The minimum atomic E-state index is -1.38. The Morgan fingerprint density at radius 3 is 2.70 bits per heavy atom. The molecule has 0 bridgehead atoms. The number of carbonyl (C=O) groups is 2. The van der Waals surface area contributed by atoms with Crippen molar-refractivity contribution in [3.05, 3.63) is 48.1 Å². The lowest BCUT2D eigenvalue weighted by Crippen LogP contribution is -2.42. The van der Waals surface area contributed by atoms with E-state index in [1.165, 1.54) is 6.08 Å². The van der Waals surface area contributed by atoms with E-state index in [-0.39, 0.29) is 18.6 Å². The zero-order valence-corrected chi connectivity index (χ0v) is 10.4. The van der Waals surface area contributed by atoms with E-state index in [2.05, 4.69) is 16.6 Å². The molecule has 0 aliphatic heterocycles. The smallest absolute Gasteiger partial charge is 0.408 e. The minimum absolute atomic E-state index is 0.0252. The van der Waals surface area contributed by atoms with Crippen LogP contribution in [0.15, 0.2) is 30.9 Å². The van der Waals surface area contributed by atoms with Gasteiger partial charge >= 0.3 is 12.1 Å². The molecule has 0 spiro atoms. The molecule has 108 valence electrons. The summed E-state index contributed by atoms with van der Waals surface area (Å²) in [6.45, 7) is 3.25. The normalized spacial score (nSPS) is 11.5. The summed E-state index contributed by atoms with van der Waals surface area (Å²) in [6.07, 6.45) is 0.0272. The number of carboxylic acid groups (broad SMARTS) is 1. The van der Waals surface area contributed by atoms with E-state index in [0.29, 0.717) is 6.07 Å². The van der Waals surface area contributed by atoms with Gasteiger partial charge in [0.05, 0.1) is 0 Å². The maximum atomic E-state index is 13.4. The van der Waals surface area contributed by atoms with Crippen molar-refractivity contribution in [2.75, 3.05) is 6.61 Å². The van der Waals surface area contributed by atoms with Crippen molar-refractivity contribution in [1.82, 2.24) is 5.32 Å². The molecule has 0 aliphatic rings. The lowest BCUT2D eigenvalue weighted by Gasteiger charge is -2.14. The molecule has 0 fully saturated rings. The fraction of sp³-hybridized carbons (Fsp3) is 0.231. The first-order chi connectivity index (χ1) is 9.43. The molecule has 1 aromatic carbocycles. The number of hydrogen-bond donors (Lipinski definition) is 2. The van der Waals surface area contributed by atoms with Gasteiger partial charge in [0, 0.05) is 12.5 Å². The summed E-state index contributed by atoms with van der Waals surface area (Å²) >= 11 is 0. The Morgan fingerprint density at radius 1 is 1.45 bits per heavy atom. The van der Waals surface area contributed by atoms with E-state index in [9.17, 15) is 18.4 Å². The summed E-state index contributed by atoms with van der Waals surface area (Å²) in [7, 11) is 0. The second kappa shape index (κ2) is 7.22. The molecule has 0 heterocycles. The summed E-state index contributed by atoms with van der Waals surface area (Å²) in [5, 5.41) is 11.0. The van der Waals surface area contributed by atoms with Crippen molar-refractivity contribution in [2.45, 2.75) is 12.5 Å². The molecule has 1 aromatic rings. The quantitative estimate of drug-likeness (QED) is 0.782. The van der Waals surface area contributed by atoms with Gasteiger partial charge < -0.3 is 15.2 Å². The lowest BCUT2D eigenvalue weighted by molar-refractivity contribution is -0.139. The molecule has 0 saturated heterocycles. The Bertz CT molecular complexity index is 519. The van der Waals surface area contributed by atoms with Crippen molar-refractivity contribution in [3.8, 4) is 0 Å². The number of halogens is 2. The van der Waals surface area contributed by atoms with Crippen LogP contribution in [0.2, 0.25) is 0 Å². The molecule has 20 heavy (non-hydrogen) atoms. The van der Waals surface area contributed by atoms with Gasteiger partial charge in [0.15, 0.2) is 0 Å². The summed E-state index contributed by atoms with van der Waals surface area (Å²) in [4.78, 5) is 22.3. The second-order valence-electron chi connectivity index (χ2n) is 3.86. The third-order valence-corrected chi connectivity index (χ3v) is 2.36. The van der Waals surface area contributed by atoms with E-state index in [4.69, 9.17) is 5.11 Å². The first-order valence-corrected chi connectivity index (χ1v) is 5.65. The average Bonchev–Trinajstić information content (AvgIpc) is 2.38. The molecular weight excluding hydrogens is 272 g/mol. The highest BCUT2D eigenvalue weighted by Gasteiger charge is 2.22. The van der Waals surface area contributed by atoms with Crippen LogP contribution in [0.4, 0.5) is 13.6 Å². The molecule has 2 N–H and O–H groups in total. The van der Waals surface area contributed by atoms with Gasteiger partial charge in [-0.3, -0.25) is 0 Å². The molecule has 0 radical (unpaired) electrons. The Hall–Kier alpha value is -2.44. The molecule has 1 atom stereocenters. The zero-order chi connectivity index (χ0) is 15.1. The van der Waals surface area contributed by atoms with Gasteiger partial charge in [0.25, 0.3) is 0 Å². The standard InChI is InChI=1S/C13H13F2NO4/c1-2-5-20-13(19)16-11(12(17)18)6-8-3-4-9(14)7-10(8)15/h2-4,7,11H,1,5-6H2,(H,16,19)(H,17,18)/t11-/m1/s1. The van der Waals surface area contributed by atoms with Gasteiger partial charge in [-0.05, 0) is 11.6 Å². The summed E-state index contributed by atoms with van der Waals surface area (Å²) in [5.41, 5.74) is -0.0252. The molecule has 0 unspecified atom stereocenters. The molecular formula is C13H13F2NO4. The molecule has 0 aliphatic carbocycles. The number of alkyl carbamates (subject to hydrolysis) is 1. The molecule has 1 rings (SSSR count). The number of nitrogens with one attached hydrogen (secondary N) is 1. The highest BCUT2D eigenvalue weighted by molar-refractivity contribution is 5.80. The van der Waals surface area contributed by atoms with Crippen LogP contribution >= 0.6 is 0 Å². The van der Waals surface area contributed by atoms with Gasteiger partial charge in [0.2, 0.25) is 0 Å². The van der Waals surface area contributed by atoms with Crippen LogP contribution < -0.4 is 5.32 Å². The van der Waals surface area contributed by atoms with Crippen molar-refractivity contribution in [2.24, 2.45) is 0 Å². The third kappa shape index (κ3) is 4.68. The number of benzene rings is 1. The van der Waals surface area contributed by atoms with Gasteiger partial charge in [-0.1, -0.05) is 18.7 Å². The second-order valence-corrected chi connectivity index (χ2v) is 3.86. The van der Waals surface area contributed by atoms with Crippen molar-refractivity contribution in [1.29, 1.82) is 0 Å². The highest BCUT2D eigenvalue weighted by Crippen LogP contribution is 2.12. The van der Waals surface area contributed by atoms with Crippen LogP contribution in [0.25, 0.3) is 0 Å². The van der Waals surface area contributed by atoms with Gasteiger partial charge in [-0.2, -0.15) is 0 Å². The first-order valence-electron chi connectivity index (χ1n) is 5.65. The number of carbonyl (C=O) groups excluding carboxylic acids is 1. The molecule has 0 saturated carbocycles. The van der Waals surface area contributed by atoms with Gasteiger partial charge in [-0.25, -0.2) is 18.4 Å². The topological polar surface area (TPSA) is 75.6 Å². The average molecular weight is 285 g/mol. The summed E-state index contributed by atoms with van der Waals surface area (Å²) < 4.78 is 30.7. The molecule has 1 amide bonds. The van der Waals surface area contributed by atoms with Crippen LogP contribution in [-0.4, -0.2) is 29.8 Å². The Kier molecular flexibility index (Phi) is 5.64. The number of hydrogen-bond acceptors (Lipinski definition) is 3. The Morgan fingerprint density at radius 2 is 2.15 bits per heavy atom. The third-order valence-electron chi connectivity index (χ3n) is 2.36. The van der Waals surface area contributed by atoms with Crippen molar-refractivity contribution in [3.63, 3.8) is 0 Å². The maximum Gasteiger partial charge on any atom is 0.408 e.